The number of pyridine rings is 1. The molecule has 0 amide bonds. The van der Waals surface area contributed by atoms with E-state index in [0.717, 1.165) is 6.54 Å². The monoisotopic (exact) mass is 207 g/mol. The van der Waals surface area contributed by atoms with Crippen LogP contribution in [-0.4, -0.2) is 17.1 Å². The van der Waals surface area contributed by atoms with Crippen LogP contribution < -0.4 is 11.1 Å². The van der Waals surface area contributed by atoms with E-state index in [-0.39, 0.29) is 5.54 Å². The Bertz CT molecular complexity index is 284. The molecule has 0 aromatic carbocycles. The van der Waals surface area contributed by atoms with Crippen molar-refractivity contribution >= 4 is 0 Å². The highest BCUT2D eigenvalue weighted by atomic mass is 15.0. The molecule has 1 rings (SSSR count). The predicted octanol–water partition coefficient (Wildman–Crippen LogP) is 1.54. The third kappa shape index (κ3) is 3.29. The maximum atomic E-state index is 5.80. The average molecular weight is 207 g/mol. The number of nitrogens with zero attached hydrogens (tertiary/aromatic N) is 1. The summed E-state index contributed by atoms with van der Waals surface area (Å²) >= 11 is 0. The van der Waals surface area contributed by atoms with E-state index in [9.17, 15) is 0 Å². The number of hydrogen-bond acceptors (Lipinski definition) is 3. The minimum Gasteiger partial charge on any atom is -0.329 e. The van der Waals surface area contributed by atoms with Gasteiger partial charge in [-0.15, -0.1) is 0 Å². The Hall–Kier alpha value is -0.930. The first-order valence-corrected chi connectivity index (χ1v) is 5.42. The molecule has 0 spiro atoms. The number of hydrogen-bond donors (Lipinski definition) is 2. The summed E-state index contributed by atoms with van der Waals surface area (Å²) in [5.74, 6) is 0.518. The van der Waals surface area contributed by atoms with E-state index in [2.05, 4.69) is 31.1 Å². The minimum absolute atomic E-state index is 0.00324. The first kappa shape index (κ1) is 12.1. The summed E-state index contributed by atoms with van der Waals surface area (Å²) in [6, 6.07) is 4.04. The van der Waals surface area contributed by atoms with Gasteiger partial charge < -0.3 is 11.1 Å². The number of nitrogens with one attached hydrogen (secondary N) is 1. The van der Waals surface area contributed by atoms with Gasteiger partial charge in [-0.05, 0) is 30.5 Å². The third-order valence-electron chi connectivity index (χ3n) is 3.14. The minimum atomic E-state index is 0.00324. The van der Waals surface area contributed by atoms with Gasteiger partial charge in [-0.25, -0.2) is 0 Å². The summed E-state index contributed by atoms with van der Waals surface area (Å²) in [6.07, 6.45) is 3.62. The van der Waals surface area contributed by atoms with Crippen LogP contribution in [0.4, 0.5) is 0 Å². The van der Waals surface area contributed by atoms with Crippen molar-refractivity contribution < 1.29 is 0 Å². The molecule has 1 unspecified atom stereocenters. The van der Waals surface area contributed by atoms with Crippen molar-refractivity contribution in [3.8, 4) is 0 Å². The van der Waals surface area contributed by atoms with Gasteiger partial charge in [0.05, 0.1) is 0 Å². The van der Waals surface area contributed by atoms with Crippen LogP contribution in [-0.2, 0) is 6.54 Å². The van der Waals surface area contributed by atoms with Crippen molar-refractivity contribution in [2.75, 3.05) is 6.54 Å². The van der Waals surface area contributed by atoms with Gasteiger partial charge in [0, 0.05) is 31.0 Å². The molecule has 3 heteroatoms. The Morgan fingerprint density at radius 1 is 1.40 bits per heavy atom. The van der Waals surface area contributed by atoms with E-state index in [1.807, 2.05) is 24.5 Å². The van der Waals surface area contributed by atoms with Gasteiger partial charge in [0.25, 0.3) is 0 Å². The molecule has 3 N–H and O–H groups in total. The molecule has 0 saturated carbocycles. The number of aromatic nitrogens is 1. The van der Waals surface area contributed by atoms with Crippen LogP contribution in [0.2, 0.25) is 0 Å². The fraction of sp³-hybridized carbons (Fsp3) is 0.583. The highest BCUT2D eigenvalue weighted by Gasteiger charge is 2.25. The number of rotatable bonds is 5. The quantitative estimate of drug-likeness (QED) is 0.770. The molecule has 3 nitrogen and oxygen atoms in total. The maximum Gasteiger partial charge on any atom is 0.0301 e. The summed E-state index contributed by atoms with van der Waals surface area (Å²) in [6.45, 7) is 8.03. The average Bonchev–Trinajstić information content (AvgIpc) is 2.27. The Labute approximate surface area is 92.1 Å². The van der Waals surface area contributed by atoms with Gasteiger partial charge in [0.2, 0.25) is 0 Å². The van der Waals surface area contributed by atoms with Gasteiger partial charge in [-0.1, -0.05) is 13.8 Å². The van der Waals surface area contributed by atoms with E-state index in [0.29, 0.717) is 12.5 Å². The van der Waals surface area contributed by atoms with Crippen molar-refractivity contribution in [3.63, 3.8) is 0 Å². The zero-order valence-corrected chi connectivity index (χ0v) is 9.83. The fourth-order valence-electron chi connectivity index (χ4n) is 1.32. The summed E-state index contributed by atoms with van der Waals surface area (Å²) < 4.78 is 0. The topological polar surface area (TPSA) is 50.9 Å². The summed E-state index contributed by atoms with van der Waals surface area (Å²) in [5.41, 5.74) is 7.04. The van der Waals surface area contributed by atoms with E-state index in [1.54, 1.807) is 0 Å². The molecule has 0 saturated heterocycles. The molecule has 0 bridgehead atoms. The van der Waals surface area contributed by atoms with E-state index in [1.165, 1.54) is 5.56 Å². The molecule has 1 aromatic heterocycles. The normalized spacial score (nSPS) is 15.3. The lowest BCUT2D eigenvalue weighted by atomic mass is 9.88. The third-order valence-corrected chi connectivity index (χ3v) is 3.14. The van der Waals surface area contributed by atoms with Gasteiger partial charge in [-0.3, -0.25) is 4.98 Å². The molecule has 0 radical (unpaired) electrons. The zero-order valence-electron chi connectivity index (χ0n) is 9.83. The molecule has 15 heavy (non-hydrogen) atoms. The van der Waals surface area contributed by atoms with Gasteiger partial charge in [0.1, 0.15) is 0 Å². The largest absolute Gasteiger partial charge is 0.329 e. The van der Waals surface area contributed by atoms with E-state index >= 15 is 0 Å². The smallest absolute Gasteiger partial charge is 0.0301 e. The summed E-state index contributed by atoms with van der Waals surface area (Å²) in [7, 11) is 0. The van der Waals surface area contributed by atoms with Gasteiger partial charge in [0.15, 0.2) is 0 Å². The zero-order chi connectivity index (χ0) is 11.3. The molecular weight excluding hydrogens is 186 g/mol. The van der Waals surface area contributed by atoms with Crippen LogP contribution in [0.15, 0.2) is 24.5 Å². The fourth-order valence-corrected chi connectivity index (χ4v) is 1.32. The second-order valence-electron chi connectivity index (χ2n) is 4.49. The molecule has 0 aliphatic heterocycles. The second-order valence-corrected chi connectivity index (χ2v) is 4.49. The molecule has 1 heterocycles. The van der Waals surface area contributed by atoms with Crippen LogP contribution in [0.25, 0.3) is 0 Å². The first-order chi connectivity index (χ1) is 7.08. The van der Waals surface area contributed by atoms with Crippen LogP contribution in [0.1, 0.15) is 26.3 Å². The number of nitrogens with two attached hydrogens (primary N) is 1. The standard InChI is InChI=1S/C12H21N3/c1-10(2)12(3,9-13)15-8-11-4-6-14-7-5-11/h4-7,10,15H,8-9,13H2,1-3H3. The van der Waals surface area contributed by atoms with Crippen molar-refractivity contribution in [3.05, 3.63) is 30.1 Å². The van der Waals surface area contributed by atoms with Crippen molar-refractivity contribution in [2.24, 2.45) is 11.7 Å². The predicted molar refractivity (Wildman–Crippen MR) is 63.4 cm³/mol. The lowest BCUT2D eigenvalue weighted by Gasteiger charge is -2.33. The molecule has 1 aromatic rings. The van der Waals surface area contributed by atoms with Crippen LogP contribution in [0, 0.1) is 5.92 Å². The van der Waals surface area contributed by atoms with Crippen molar-refractivity contribution in [1.29, 1.82) is 0 Å². The molecule has 1 atom stereocenters. The molecule has 0 aliphatic rings. The van der Waals surface area contributed by atoms with Gasteiger partial charge >= 0.3 is 0 Å². The Balaban J connectivity index is 2.55. The molecule has 0 aliphatic carbocycles. The van der Waals surface area contributed by atoms with Crippen molar-refractivity contribution in [1.82, 2.24) is 10.3 Å². The second kappa shape index (κ2) is 5.24. The van der Waals surface area contributed by atoms with Crippen LogP contribution in [0.5, 0.6) is 0 Å². The SMILES string of the molecule is CC(C)C(C)(CN)NCc1ccncc1. The van der Waals surface area contributed by atoms with E-state index < -0.39 is 0 Å². The Morgan fingerprint density at radius 3 is 2.47 bits per heavy atom. The summed E-state index contributed by atoms with van der Waals surface area (Å²) in [5, 5.41) is 3.51. The molecule has 84 valence electrons. The highest BCUT2D eigenvalue weighted by molar-refractivity contribution is 5.10. The van der Waals surface area contributed by atoms with Gasteiger partial charge in [-0.2, -0.15) is 0 Å². The van der Waals surface area contributed by atoms with E-state index in [4.69, 9.17) is 5.73 Å². The van der Waals surface area contributed by atoms with Crippen LogP contribution >= 0.6 is 0 Å². The molecular formula is C12H21N3. The lowest BCUT2D eigenvalue weighted by Crippen LogP contribution is -2.52. The van der Waals surface area contributed by atoms with Crippen LogP contribution in [0.3, 0.4) is 0 Å². The summed E-state index contributed by atoms with van der Waals surface area (Å²) in [4.78, 5) is 3.99. The van der Waals surface area contributed by atoms with Crippen molar-refractivity contribution in [2.45, 2.75) is 32.9 Å². The Kier molecular flexibility index (Phi) is 4.24. The first-order valence-electron chi connectivity index (χ1n) is 5.42. The lowest BCUT2D eigenvalue weighted by molar-refractivity contribution is 0.267. The maximum absolute atomic E-state index is 5.80. The molecule has 0 fully saturated rings. The highest BCUT2D eigenvalue weighted by Crippen LogP contribution is 2.15. The Morgan fingerprint density at radius 2 is 2.00 bits per heavy atom.